The van der Waals surface area contributed by atoms with Crippen molar-refractivity contribution in [2.75, 3.05) is 11.9 Å². The Balaban J connectivity index is 1.72. The van der Waals surface area contributed by atoms with Crippen LogP contribution in [-0.4, -0.2) is 17.5 Å². The van der Waals surface area contributed by atoms with E-state index in [9.17, 15) is 4.79 Å². The third kappa shape index (κ3) is 3.48. The summed E-state index contributed by atoms with van der Waals surface area (Å²) in [5.41, 5.74) is 3.50. The maximum atomic E-state index is 12.1. The number of carbonyl (C=O) groups excluding carboxylic acids is 1. The van der Waals surface area contributed by atoms with Crippen molar-refractivity contribution in [2.45, 2.75) is 13.8 Å². The van der Waals surface area contributed by atoms with Gasteiger partial charge in [-0.25, -0.2) is 4.98 Å². The van der Waals surface area contributed by atoms with Gasteiger partial charge in [-0.1, -0.05) is 36.4 Å². The Hall–Kier alpha value is -2.88. The van der Waals surface area contributed by atoms with Gasteiger partial charge in [-0.2, -0.15) is 0 Å². The zero-order chi connectivity index (χ0) is 16.2. The molecule has 116 valence electrons. The minimum Gasteiger partial charge on any atom is -0.481 e. The number of para-hydroxylation sites is 2. The van der Waals surface area contributed by atoms with E-state index in [1.54, 1.807) is 0 Å². The number of ether oxygens (including phenoxy) is 1. The molecular weight excluding hydrogens is 288 g/mol. The monoisotopic (exact) mass is 306 g/mol. The highest BCUT2D eigenvalue weighted by Crippen LogP contribution is 2.24. The molecule has 0 unspecified atom stereocenters. The van der Waals surface area contributed by atoms with E-state index in [-0.39, 0.29) is 12.5 Å². The number of aromatic nitrogens is 1. The lowest BCUT2D eigenvalue weighted by molar-refractivity contribution is -0.118. The number of rotatable bonds is 4. The number of hydrogen-bond donors (Lipinski definition) is 1. The maximum Gasteiger partial charge on any atom is 0.262 e. The normalized spacial score (nSPS) is 10.5. The predicted molar refractivity (Wildman–Crippen MR) is 91.8 cm³/mol. The summed E-state index contributed by atoms with van der Waals surface area (Å²) in [6.45, 7) is 3.83. The lowest BCUT2D eigenvalue weighted by Crippen LogP contribution is -2.20. The Morgan fingerprint density at radius 1 is 1.04 bits per heavy atom. The van der Waals surface area contributed by atoms with Crippen LogP contribution >= 0.6 is 0 Å². The highest BCUT2D eigenvalue weighted by molar-refractivity contribution is 5.93. The van der Waals surface area contributed by atoms with Crippen LogP contribution in [0.2, 0.25) is 0 Å². The van der Waals surface area contributed by atoms with E-state index in [4.69, 9.17) is 4.74 Å². The molecule has 0 fully saturated rings. The molecule has 0 aliphatic carbocycles. The average molecular weight is 306 g/mol. The molecule has 0 aliphatic rings. The number of anilines is 1. The van der Waals surface area contributed by atoms with Gasteiger partial charge in [-0.15, -0.1) is 0 Å². The van der Waals surface area contributed by atoms with Crippen LogP contribution in [-0.2, 0) is 4.79 Å². The number of hydrogen-bond acceptors (Lipinski definition) is 3. The molecule has 0 radical (unpaired) electrons. The van der Waals surface area contributed by atoms with Gasteiger partial charge >= 0.3 is 0 Å². The van der Waals surface area contributed by atoms with E-state index in [2.05, 4.69) is 10.3 Å². The highest BCUT2D eigenvalue weighted by Gasteiger charge is 2.08. The van der Waals surface area contributed by atoms with E-state index in [0.29, 0.717) is 5.75 Å². The van der Waals surface area contributed by atoms with Crippen LogP contribution in [0.4, 0.5) is 5.69 Å². The Labute approximate surface area is 135 Å². The first-order chi connectivity index (χ1) is 11.1. The molecule has 1 N–H and O–H groups in total. The molecule has 4 heteroatoms. The molecule has 0 atom stereocenters. The SMILES string of the molecule is Cc1ccc2cccc(OCC(=O)Nc3ccccc3C)c2n1. The number of pyridine rings is 1. The third-order valence-electron chi connectivity index (χ3n) is 3.60. The lowest BCUT2D eigenvalue weighted by atomic mass is 10.2. The summed E-state index contributed by atoms with van der Waals surface area (Å²) in [6.07, 6.45) is 0. The minimum atomic E-state index is -0.191. The number of amides is 1. The van der Waals surface area contributed by atoms with Gasteiger partial charge < -0.3 is 10.1 Å². The first-order valence-electron chi connectivity index (χ1n) is 7.48. The molecule has 0 saturated heterocycles. The Kier molecular flexibility index (Phi) is 4.24. The zero-order valence-electron chi connectivity index (χ0n) is 13.2. The van der Waals surface area contributed by atoms with E-state index >= 15 is 0 Å². The third-order valence-corrected chi connectivity index (χ3v) is 3.60. The number of nitrogens with zero attached hydrogens (tertiary/aromatic N) is 1. The molecule has 0 bridgehead atoms. The van der Waals surface area contributed by atoms with Crippen LogP contribution in [0.1, 0.15) is 11.3 Å². The summed E-state index contributed by atoms with van der Waals surface area (Å²) < 4.78 is 5.67. The summed E-state index contributed by atoms with van der Waals surface area (Å²) in [6, 6.07) is 17.3. The Morgan fingerprint density at radius 2 is 1.87 bits per heavy atom. The van der Waals surface area contributed by atoms with Crippen molar-refractivity contribution in [3.8, 4) is 5.75 Å². The van der Waals surface area contributed by atoms with Crippen LogP contribution in [0.15, 0.2) is 54.6 Å². The summed E-state index contributed by atoms with van der Waals surface area (Å²) >= 11 is 0. The van der Waals surface area contributed by atoms with E-state index < -0.39 is 0 Å². The molecule has 23 heavy (non-hydrogen) atoms. The average Bonchev–Trinajstić information content (AvgIpc) is 2.55. The molecule has 1 aromatic heterocycles. The van der Waals surface area contributed by atoms with Gasteiger partial charge in [-0.3, -0.25) is 4.79 Å². The van der Waals surface area contributed by atoms with Gasteiger partial charge in [0.1, 0.15) is 11.3 Å². The van der Waals surface area contributed by atoms with E-state index in [1.165, 1.54) is 0 Å². The second kappa shape index (κ2) is 6.48. The largest absolute Gasteiger partial charge is 0.481 e. The van der Waals surface area contributed by atoms with Crippen LogP contribution < -0.4 is 10.1 Å². The fourth-order valence-electron chi connectivity index (χ4n) is 2.38. The van der Waals surface area contributed by atoms with Crippen molar-refractivity contribution in [2.24, 2.45) is 0 Å². The van der Waals surface area contributed by atoms with Gasteiger partial charge in [0.15, 0.2) is 6.61 Å². The van der Waals surface area contributed by atoms with Gasteiger partial charge in [0.05, 0.1) is 0 Å². The van der Waals surface area contributed by atoms with Crippen molar-refractivity contribution in [1.29, 1.82) is 0 Å². The van der Waals surface area contributed by atoms with Crippen molar-refractivity contribution in [3.63, 3.8) is 0 Å². The van der Waals surface area contributed by atoms with Crippen LogP contribution in [0.5, 0.6) is 5.75 Å². The molecule has 3 rings (SSSR count). The van der Waals surface area contributed by atoms with Crippen molar-refractivity contribution < 1.29 is 9.53 Å². The lowest BCUT2D eigenvalue weighted by Gasteiger charge is -2.11. The van der Waals surface area contributed by atoms with Crippen LogP contribution in [0, 0.1) is 13.8 Å². The van der Waals surface area contributed by atoms with Crippen LogP contribution in [0.25, 0.3) is 10.9 Å². The van der Waals surface area contributed by atoms with E-state index in [0.717, 1.165) is 27.8 Å². The van der Waals surface area contributed by atoms with Gasteiger partial charge in [-0.05, 0) is 37.6 Å². The smallest absolute Gasteiger partial charge is 0.262 e. The first-order valence-corrected chi connectivity index (χ1v) is 7.48. The predicted octanol–water partition coefficient (Wildman–Crippen LogP) is 3.87. The second-order valence-corrected chi connectivity index (χ2v) is 5.43. The summed E-state index contributed by atoms with van der Waals surface area (Å²) in [7, 11) is 0. The molecule has 0 spiro atoms. The first kappa shape index (κ1) is 15.0. The summed E-state index contributed by atoms with van der Waals surface area (Å²) in [5.74, 6) is 0.426. The second-order valence-electron chi connectivity index (χ2n) is 5.43. The number of benzene rings is 2. The molecule has 0 saturated carbocycles. The fraction of sp³-hybridized carbons (Fsp3) is 0.158. The van der Waals surface area contributed by atoms with Gasteiger partial charge in [0, 0.05) is 16.8 Å². The van der Waals surface area contributed by atoms with Crippen LogP contribution in [0.3, 0.4) is 0 Å². The maximum absolute atomic E-state index is 12.1. The quantitative estimate of drug-likeness (QED) is 0.796. The summed E-state index contributed by atoms with van der Waals surface area (Å²) in [5, 5.41) is 3.85. The molecule has 4 nitrogen and oxygen atoms in total. The minimum absolute atomic E-state index is 0.0525. The van der Waals surface area contributed by atoms with Gasteiger partial charge in [0.2, 0.25) is 0 Å². The van der Waals surface area contributed by atoms with E-state index in [1.807, 2.05) is 68.4 Å². The molecule has 1 heterocycles. The Bertz CT molecular complexity index is 859. The standard InChI is InChI=1S/C19H18N2O2/c1-13-6-3-4-8-16(13)21-18(22)12-23-17-9-5-7-15-11-10-14(2)20-19(15)17/h3-11H,12H2,1-2H3,(H,21,22). The number of fused-ring (bicyclic) bond motifs is 1. The molecular formula is C19H18N2O2. The van der Waals surface area contributed by atoms with Crippen molar-refractivity contribution in [1.82, 2.24) is 4.98 Å². The molecule has 3 aromatic rings. The fourth-order valence-corrected chi connectivity index (χ4v) is 2.38. The number of nitrogens with one attached hydrogen (secondary N) is 1. The number of carbonyl (C=O) groups is 1. The highest BCUT2D eigenvalue weighted by atomic mass is 16.5. The summed E-state index contributed by atoms with van der Waals surface area (Å²) in [4.78, 5) is 16.6. The zero-order valence-corrected chi connectivity index (χ0v) is 13.2. The van der Waals surface area contributed by atoms with Crippen molar-refractivity contribution in [3.05, 3.63) is 65.9 Å². The Morgan fingerprint density at radius 3 is 2.70 bits per heavy atom. The van der Waals surface area contributed by atoms with Crippen molar-refractivity contribution >= 4 is 22.5 Å². The topological polar surface area (TPSA) is 51.2 Å². The molecule has 2 aromatic carbocycles. The molecule has 0 aliphatic heterocycles. The van der Waals surface area contributed by atoms with Gasteiger partial charge in [0.25, 0.3) is 5.91 Å². The molecule has 1 amide bonds. The number of aryl methyl sites for hydroxylation is 2.